The summed E-state index contributed by atoms with van der Waals surface area (Å²) in [5.41, 5.74) is 3.01. The van der Waals surface area contributed by atoms with Crippen molar-refractivity contribution in [2.45, 2.75) is 39.2 Å². The molecular weight excluding hydrogens is 264 g/mol. The molecule has 0 aromatic heterocycles. The summed E-state index contributed by atoms with van der Waals surface area (Å²) < 4.78 is 5.12. The lowest BCUT2D eigenvalue weighted by Crippen LogP contribution is -2.35. The van der Waals surface area contributed by atoms with Crippen molar-refractivity contribution in [3.05, 3.63) is 29.3 Å². The highest BCUT2D eigenvalue weighted by molar-refractivity contribution is 5.95. The number of rotatable bonds is 8. The Morgan fingerprint density at radius 1 is 1.43 bits per heavy atom. The fraction of sp³-hybridized carbons (Fsp3) is 0.588. The number of nitrogens with zero attached hydrogens (tertiary/aromatic N) is 1. The average Bonchev–Trinajstić information content (AvgIpc) is 3.31. The molecular formula is C17H26N2O2. The van der Waals surface area contributed by atoms with E-state index in [-0.39, 0.29) is 5.91 Å². The number of hydrogen-bond acceptors (Lipinski definition) is 3. The van der Waals surface area contributed by atoms with Crippen LogP contribution in [0.15, 0.2) is 18.2 Å². The van der Waals surface area contributed by atoms with E-state index in [2.05, 4.69) is 12.2 Å². The molecule has 1 aliphatic carbocycles. The first kappa shape index (κ1) is 15.8. The molecule has 0 bridgehead atoms. The number of hydrogen-bond donors (Lipinski definition) is 1. The van der Waals surface area contributed by atoms with Crippen molar-refractivity contribution in [2.75, 3.05) is 32.1 Å². The predicted octanol–water partition coefficient (Wildman–Crippen LogP) is 3.07. The molecule has 4 heteroatoms. The smallest absolute Gasteiger partial charge is 0.254 e. The van der Waals surface area contributed by atoms with Crippen molar-refractivity contribution < 1.29 is 9.53 Å². The first-order chi connectivity index (χ1) is 10.2. The molecule has 0 unspecified atom stereocenters. The molecule has 21 heavy (non-hydrogen) atoms. The van der Waals surface area contributed by atoms with Crippen molar-refractivity contribution >= 4 is 11.6 Å². The maximum Gasteiger partial charge on any atom is 0.254 e. The molecule has 1 N–H and O–H groups in total. The van der Waals surface area contributed by atoms with Gasteiger partial charge in [0.25, 0.3) is 5.91 Å². The molecule has 1 aliphatic rings. The molecule has 0 spiro atoms. The van der Waals surface area contributed by atoms with E-state index < -0.39 is 0 Å². The van der Waals surface area contributed by atoms with E-state index in [0.717, 1.165) is 42.6 Å². The lowest BCUT2D eigenvalue weighted by atomic mass is 10.1. The van der Waals surface area contributed by atoms with Gasteiger partial charge in [0, 0.05) is 37.5 Å². The van der Waals surface area contributed by atoms with Crippen LogP contribution in [0, 0.1) is 6.92 Å². The van der Waals surface area contributed by atoms with Gasteiger partial charge in [0.2, 0.25) is 0 Å². The summed E-state index contributed by atoms with van der Waals surface area (Å²) >= 11 is 0. The van der Waals surface area contributed by atoms with Crippen LogP contribution in [0.3, 0.4) is 0 Å². The first-order valence-corrected chi connectivity index (χ1v) is 7.81. The molecule has 0 saturated heterocycles. The number of aryl methyl sites for hydroxylation is 1. The highest BCUT2D eigenvalue weighted by Crippen LogP contribution is 2.28. The highest BCUT2D eigenvalue weighted by atomic mass is 16.5. The van der Waals surface area contributed by atoms with E-state index in [1.165, 1.54) is 0 Å². The second kappa shape index (κ2) is 7.46. The van der Waals surface area contributed by atoms with Crippen LogP contribution in [0.5, 0.6) is 0 Å². The maximum absolute atomic E-state index is 12.7. The lowest BCUT2D eigenvalue weighted by Gasteiger charge is -2.22. The molecule has 0 aliphatic heterocycles. The Bertz CT molecular complexity index is 484. The van der Waals surface area contributed by atoms with E-state index in [0.29, 0.717) is 19.2 Å². The minimum absolute atomic E-state index is 0.125. The van der Waals surface area contributed by atoms with Crippen molar-refractivity contribution in [1.82, 2.24) is 4.90 Å². The maximum atomic E-state index is 12.7. The van der Waals surface area contributed by atoms with Gasteiger partial charge >= 0.3 is 0 Å². The van der Waals surface area contributed by atoms with Crippen LogP contribution < -0.4 is 5.32 Å². The van der Waals surface area contributed by atoms with E-state index in [1.807, 2.05) is 30.0 Å². The third-order valence-corrected chi connectivity index (χ3v) is 3.82. The van der Waals surface area contributed by atoms with Gasteiger partial charge in [-0.25, -0.2) is 0 Å². The normalized spacial score (nSPS) is 14.0. The largest absolute Gasteiger partial charge is 0.385 e. The number of anilines is 1. The van der Waals surface area contributed by atoms with Gasteiger partial charge in [-0.2, -0.15) is 0 Å². The summed E-state index contributed by atoms with van der Waals surface area (Å²) in [7, 11) is 1.67. The number of methoxy groups -OCH3 is 1. The summed E-state index contributed by atoms with van der Waals surface area (Å²) in [5, 5.41) is 3.38. The van der Waals surface area contributed by atoms with Gasteiger partial charge in [-0.05, 0) is 49.9 Å². The fourth-order valence-electron chi connectivity index (χ4n) is 2.45. The number of carbonyl (C=O) groups is 1. The second-order valence-electron chi connectivity index (χ2n) is 5.68. The molecule has 2 rings (SSSR count). The number of amides is 1. The van der Waals surface area contributed by atoms with Crippen LogP contribution in [0.2, 0.25) is 0 Å². The highest BCUT2D eigenvalue weighted by Gasteiger charge is 2.32. The SMILES string of the molecule is CCCNc1ccc(C(=O)N(CCOC)C2CC2)cc1C. The van der Waals surface area contributed by atoms with Crippen LogP contribution in [0.4, 0.5) is 5.69 Å². The molecule has 1 amide bonds. The Morgan fingerprint density at radius 2 is 2.19 bits per heavy atom. The molecule has 0 atom stereocenters. The molecule has 1 aromatic rings. The summed E-state index contributed by atoms with van der Waals surface area (Å²) in [6.45, 7) is 6.41. The van der Waals surface area contributed by atoms with Gasteiger partial charge in [0.1, 0.15) is 0 Å². The Morgan fingerprint density at radius 3 is 2.76 bits per heavy atom. The lowest BCUT2D eigenvalue weighted by molar-refractivity contribution is 0.0680. The van der Waals surface area contributed by atoms with E-state index in [4.69, 9.17) is 4.74 Å². The Kier molecular flexibility index (Phi) is 5.62. The summed E-state index contributed by atoms with van der Waals surface area (Å²) in [6.07, 6.45) is 3.32. The standard InChI is InChI=1S/C17H26N2O2/c1-4-9-18-16-8-5-14(12-13(16)2)17(20)19(10-11-21-3)15-6-7-15/h5,8,12,15,18H,4,6-7,9-11H2,1-3H3. The second-order valence-corrected chi connectivity index (χ2v) is 5.68. The van der Waals surface area contributed by atoms with Gasteiger partial charge in [-0.15, -0.1) is 0 Å². The fourth-order valence-corrected chi connectivity index (χ4v) is 2.45. The van der Waals surface area contributed by atoms with Gasteiger partial charge in [-0.3, -0.25) is 4.79 Å². The Labute approximate surface area is 127 Å². The van der Waals surface area contributed by atoms with Crippen molar-refractivity contribution in [3.8, 4) is 0 Å². The minimum atomic E-state index is 0.125. The van der Waals surface area contributed by atoms with E-state index >= 15 is 0 Å². The molecule has 0 radical (unpaired) electrons. The average molecular weight is 290 g/mol. The monoisotopic (exact) mass is 290 g/mol. The Balaban J connectivity index is 2.08. The van der Waals surface area contributed by atoms with Crippen LogP contribution >= 0.6 is 0 Å². The quantitative estimate of drug-likeness (QED) is 0.800. The molecule has 1 fully saturated rings. The van der Waals surface area contributed by atoms with Gasteiger partial charge in [0.05, 0.1) is 6.61 Å². The summed E-state index contributed by atoms with van der Waals surface area (Å²) in [5.74, 6) is 0.125. The third kappa shape index (κ3) is 4.21. The first-order valence-electron chi connectivity index (χ1n) is 7.81. The van der Waals surface area contributed by atoms with E-state index in [1.54, 1.807) is 7.11 Å². The van der Waals surface area contributed by atoms with Gasteiger partial charge in [0.15, 0.2) is 0 Å². The van der Waals surface area contributed by atoms with Crippen LogP contribution in [-0.2, 0) is 4.74 Å². The minimum Gasteiger partial charge on any atom is -0.385 e. The van der Waals surface area contributed by atoms with Gasteiger partial charge < -0.3 is 15.0 Å². The number of ether oxygens (including phenoxy) is 1. The Hall–Kier alpha value is -1.55. The number of carbonyl (C=O) groups excluding carboxylic acids is 1. The van der Waals surface area contributed by atoms with Crippen LogP contribution in [0.25, 0.3) is 0 Å². The van der Waals surface area contributed by atoms with E-state index in [9.17, 15) is 4.79 Å². The molecule has 1 saturated carbocycles. The van der Waals surface area contributed by atoms with Crippen molar-refractivity contribution in [2.24, 2.45) is 0 Å². The zero-order chi connectivity index (χ0) is 15.2. The number of nitrogens with one attached hydrogen (secondary N) is 1. The van der Waals surface area contributed by atoms with Crippen LogP contribution in [0.1, 0.15) is 42.1 Å². The molecule has 4 nitrogen and oxygen atoms in total. The molecule has 116 valence electrons. The summed E-state index contributed by atoms with van der Waals surface area (Å²) in [4.78, 5) is 14.6. The van der Waals surface area contributed by atoms with Gasteiger partial charge in [-0.1, -0.05) is 6.92 Å². The summed E-state index contributed by atoms with van der Waals surface area (Å²) in [6, 6.07) is 6.34. The van der Waals surface area contributed by atoms with Crippen LogP contribution in [-0.4, -0.2) is 43.7 Å². The van der Waals surface area contributed by atoms with Crippen molar-refractivity contribution in [1.29, 1.82) is 0 Å². The van der Waals surface area contributed by atoms with Crippen molar-refractivity contribution in [3.63, 3.8) is 0 Å². The number of benzene rings is 1. The predicted molar refractivity (Wildman–Crippen MR) is 85.9 cm³/mol. The topological polar surface area (TPSA) is 41.6 Å². The third-order valence-electron chi connectivity index (χ3n) is 3.82. The zero-order valence-electron chi connectivity index (χ0n) is 13.3. The zero-order valence-corrected chi connectivity index (χ0v) is 13.3. The molecule has 1 aromatic carbocycles. The molecule has 0 heterocycles.